The first-order chi connectivity index (χ1) is 7.99. The lowest BCUT2D eigenvalue weighted by Crippen LogP contribution is -1.98. The quantitative estimate of drug-likeness (QED) is 0.776. The number of nitrogens with zero attached hydrogens (tertiary/aromatic N) is 1. The maximum atomic E-state index is 13.1. The van der Waals surface area contributed by atoms with Crippen LogP contribution in [0, 0.1) is 31.2 Å². The van der Waals surface area contributed by atoms with E-state index in [2.05, 4.69) is 9.97 Å². The monoisotopic (exact) mass is 248 g/mol. The van der Waals surface area contributed by atoms with Crippen LogP contribution in [-0.4, -0.2) is 9.97 Å². The van der Waals surface area contributed by atoms with Crippen molar-refractivity contribution in [2.75, 3.05) is 0 Å². The molecule has 17 heavy (non-hydrogen) atoms. The van der Waals surface area contributed by atoms with Crippen LogP contribution < -0.4 is 0 Å². The fourth-order valence-corrected chi connectivity index (χ4v) is 2.06. The Balaban J connectivity index is 2.72. The molecule has 2 rings (SSSR count). The smallest absolute Gasteiger partial charge is 0.133 e. The fraction of sp³-hybridized carbons (Fsp3) is 0.231. The van der Waals surface area contributed by atoms with E-state index in [0.717, 1.165) is 28.2 Å². The summed E-state index contributed by atoms with van der Waals surface area (Å²) in [5.41, 5.74) is 3.67. The summed E-state index contributed by atoms with van der Waals surface area (Å²) in [6.07, 6.45) is 0. The van der Waals surface area contributed by atoms with Gasteiger partial charge in [0.05, 0.1) is 5.69 Å². The van der Waals surface area contributed by atoms with E-state index >= 15 is 0 Å². The molecule has 2 aromatic rings. The van der Waals surface area contributed by atoms with Gasteiger partial charge in [-0.05, 0) is 44.5 Å². The lowest BCUT2D eigenvalue weighted by molar-refractivity contribution is 0.627. The molecule has 0 fully saturated rings. The summed E-state index contributed by atoms with van der Waals surface area (Å²) in [7, 11) is 0. The Morgan fingerprint density at radius 3 is 2.59 bits per heavy atom. The highest BCUT2D eigenvalue weighted by molar-refractivity contribution is 7.71. The third kappa shape index (κ3) is 2.26. The number of hydrogen-bond acceptors (Lipinski definition) is 2. The molecule has 4 heteroatoms. The van der Waals surface area contributed by atoms with Gasteiger partial charge in [0.15, 0.2) is 0 Å². The summed E-state index contributed by atoms with van der Waals surface area (Å²) < 4.78 is 13.7. The molecule has 0 aliphatic rings. The first-order valence-electron chi connectivity index (χ1n) is 5.33. The molecule has 0 saturated heterocycles. The molecule has 0 atom stereocenters. The molecule has 0 aliphatic heterocycles. The Labute approximate surface area is 105 Å². The Bertz CT molecular complexity index is 632. The van der Waals surface area contributed by atoms with Crippen molar-refractivity contribution in [3.05, 3.63) is 45.6 Å². The minimum absolute atomic E-state index is 0.228. The van der Waals surface area contributed by atoms with Crippen LogP contribution in [0.3, 0.4) is 0 Å². The highest BCUT2D eigenvalue weighted by Gasteiger charge is 2.08. The van der Waals surface area contributed by atoms with E-state index in [1.165, 1.54) is 12.1 Å². The molecule has 2 nitrogen and oxygen atoms in total. The Hall–Kier alpha value is -1.55. The standard InChI is InChI=1S/C13H13FN2S/c1-7-6-10(14)4-5-11(7)12-8(2)13(17)16-9(3)15-12/h4-6H,1-3H3,(H,15,16,17). The van der Waals surface area contributed by atoms with Crippen molar-refractivity contribution < 1.29 is 4.39 Å². The zero-order valence-electron chi connectivity index (χ0n) is 9.97. The molecule has 0 unspecified atom stereocenters. The van der Waals surface area contributed by atoms with Crippen molar-refractivity contribution in [1.29, 1.82) is 0 Å². The van der Waals surface area contributed by atoms with Crippen LogP contribution in [0.1, 0.15) is 17.0 Å². The third-order valence-electron chi connectivity index (χ3n) is 2.73. The number of aryl methyl sites for hydroxylation is 2. The molecule has 0 amide bonds. The lowest BCUT2D eigenvalue weighted by Gasteiger charge is -2.10. The summed E-state index contributed by atoms with van der Waals surface area (Å²) in [6.45, 7) is 5.66. The van der Waals surface area contributed by atoms with E-state index in [0.29, 0.717) is 4.64 Å². The first kappa shape index (κ1) is 11.9. The largest absolute Gasteiger partial charge is 0.343 e. The maximum Gasteiger partial charge on any atom is 0.133 e. The summed E-state index contributed by atoms with van der Waals surface area (Å²) in [5.74, 6) is 0.535. The van der Waals surface area contributed by atoms with Crippen LogP contribution in [0.5, 0.6) is 0 Å². The molecule has 0 aliphatic carbocycles. The number of halogens is 1. The van der Waals surface area contributed by atoms with Gasteiger partial charge < -0.3 is 4.98 Å². The lowest BCUT2D eigenvalue weighted by atomic mass is 10.0. The van der Waals surface area contributed by atoms with E-state index < -0.39 is 0 Å². The summed E-state index contributed by atoms with van der Waals surface area (Å²) in [6, 6.07) is 4.73. The van der Waals surface area contributed by atoms with Crippen LogP contribution in [0.15, 0.2) is 18.2 Å². The highest BCUT2D eigenvalue weighted by Crippen LogP contribution is 2.25. The number of benzene rings is 1. The third-order valence-corrected chi connectivity index (χ3v) is 3.13. The van der Waals surface area contributed by atoms with Crippen molar-refractivity contribution >= 4 is 12.2 Å². The number of aromatic amines is 1. The maximum absolute atomic E-state index is 13.1. The number of aromatic nitrogens is 2. The summed E-state index contributed by atoms with van der Waals surface area (Å²) in [5, 5.41) is 0. The molecule has 1 aromatic carbocycles. The molecule has 1 aromatic heterocycles. The van der Waals surface area contributed by atoms with Gasteiger partial charge in [-0.25, -0.2) is 9.37 Å². The molecular weight excluding hydrogens is 235 g/mol. The summed E-state index contributed by atoms with van der Waals surface area (Å²) in [4.78, 5) is 7.38. The molecule has 0 radical (unpaired) electrons. The molecule has 88 valence electrons. The van der Waals surface area contributed by atoms with Crippen LogP contribution in [0.2, 0.25) is 0 Å². The Kier molecular flexibility index (Phi) is 3.07. The first-order valence-corrected chi connectivity index (χ1v) is 5.74. The SMILES string of the molecule is Cc1nc(=S)c(C)c(-c2ccc(F)cc2C)[nH]1. The van der Waals surface area contributed by atoms with Gasteiger partial charge >= 0.3 is 0 Å². The number of hydrogen-bond donors (Lipinski definition) is 1. The average molecular weight is 248 g/mol. The second-order valence-electron chi connectivity index (χ2n) is 4.09. The van der Waals surface area contributed by atoms with Gasteiger partial charge in [-0.1, -0.05) is 12.2 Å². The van der Waals surface area contributed by atoms with Crippen LogP contribution in [0.4, 0.5) is 4.39 Å². The van der Waals surface area contributed by atoms with Crippen molar-refractivity contribution in [3.8, 4) is 11.3 Å². The predicted molar refractivity (Wildman–Crippen MR) is 69.0 cm³/mol. The Morgan fingerprint density at radius 1 is 1.24 bits per heavy atom. The molecule has 0 saturated carbocycles. The van der Waals surface area contributed by atoms with Crippen LogP contribution in [0.25, 0.3) is 11.3 Å². The van der Waals surface area contributed by atoms with Gasteiger partial charge in [-0.3, -0.25) is 0 Å². The van der Waals surface area contributed by atoms with Crippen molar-refractivity contribution in [2.24, 2.45) is 0 Å². The van der Waals surface area contributed by atoms with Crippen molar-refractivity contribution in [2.45, 2.75) is 20.8 Å². The molecule has 0 bridgehead atoms. The van der Waals surface area contributed by atoms with Crippen molar-refractivity contribution in [3.63, 3.8) is 0 Å². The second kappa shape index (κ2) is 4.37. The van der Waals surface area contributed by atoms with Gasteiger partial charge in [0, 0.05) is 11.1 Å². The van der Waals surface area contributed by atoms with E-state index in [1.807, 2.05) is 20.8 Å². The minimum Gasteiger partial charge on any atom is -0.343 e. The van der Waals surface area contributed by atoms with E-state index in [9.17, 15) is 4.39 Å². The molecule has 1 heterocycles. The molecular formula is C13H13FN2S. The topological polar surface area (TPSA) is 28.7 Å². The van der Waals surface area contributed by atoms with E-state index in [1.54, 1.807) is 6.07 Å². The zero-order chi connectivity index (χ0) is 12.6. The van der Waals surface area contributed by atoms with Gasteiger partial charge in [-0.2, -0.15) is 0 Å². The zero-order valence-corrected chi connectivity index (χ0v) is 10.8. The van der Waals surface area contributed by atoms with E-state index in [4.69, 9.17) is 12.2 Å². The van der Waals surface area contributed by atoms with Gasteiger partial charge in [0.1, 0.15) is 16.3 Å². The van der Waals surface area contributed by atoms with Gasteiger partial charge in [0.25, 0.3) is 0 Å². The number of rotatable bonds is 1. The van der Waals surface area contributed by atoms with Crippen LogP contribution in [-0.2, 0) is 0 Å². The fourth-order valence-electron chi connectivity index (χ4n) is 1.82. The normalized spacial score (nSPS) is 10.6. The second-order valence-corrected chi connectivity index (χ2v) is 4.47. The average Bonchev–Trinajstić information content (AvgIpc) is 2.24. The Morgan fingerprint density at radius 2 is 1.94 bits per heavy atom. The van der Waals surface area contributed by atoms with Gasteiger partial charge in [0.2, 0.25) is 0 Å². The molecule has 0 spiro atoms. The molecule has 1 N–H and O–H groups in total. The number of nitrogens with one attached hydrogen (secondary N) is 1. The predicted octanol–water partition coefficient (Wildman–Crippen LogP) is 3.87. The number of H-pyrrole nitrogens is 1. The van der Waals surface area contributed by atoms with Gasteiger partial charge in [-0.15, -0.1) is 0 Å². The van der Waals surface area contributed by atoms with Crippen LogP contribution >= 0.6 is 12.2 Å². The van der Waals surface area contributed by atoms with Crippen molar-refractivity contribution in [1.82, 2.24) is 9.97 Å². The van der Waals surface area contributed by atoms with E-state index in [-0.39, 0.29) is 5.82 Å². The summed E-state index contributed by atoms with van der Waals surface area (Å²) >= 11 is 5.19. The minimum atomic E-state index is -0.228. The highest BCUT2D eigenvalue weighted by atomic mass is 32.1.